The van der Waals surface area contributed by atoms with Crippen molar-refractivity contribution in [3.8, 4) is 0 Å². The number of rotatable bonds is 0. The molecule has 0 N–H and O–H groups in total. The van der Waals surface area contributed by atoms with Crippen molar-refractivity contribution in [2.45, 2.75) is 0 Å². The second-order valence-electron chi connectivity index (χ2n) is 0. The Kier molecular flexibility index (Phi) is 141. The minimum atomic E-state index is 0. The molecule has 5 heteroatoms. The first-order valence-corrected chi connectivity index (χ1v) is 0. The molecule has 0 aliphatic carbocycles. The van der Waals surface area contributed by atoms with Crippen LogP contribution in [0.2, 0.25) is 0 Å². The summed E-state index contributed by atoms with van der Waals surface area (Å²) < 4.78 is 0. The molecule has 16 valence electrons. The van der Waals surface area contributed by atoms with Gasteiger partial charge in [0.2, 0.25) is 0 Å². The van der Waals surface area contributed by atoms with E-state index < -0.39 is 0 Å². The summed E-state index contributed by atoms with van der Waals surface area (Å²) in [6, 6.07) is 0. The van der Waals surface area contributed by atoms with Crippen molar-refractivity contribution >= 4 is 166 Å². The van der Waals surface area contributed by atoms with Gasteiger partial charge in [-0.15, -0.1) is 0 Å². The van der Waals surface area contributed by atoms with Crippen LogP contribution in [0.5, 0.6) is 0 Å². The zero-order valence-electron chi connectivity index (χ0n) is 3.02. The molecular weight excluding hydrogens is 474 g/mol. The minimum Gasteiger partial charge on any atom is -3.00 e. The van der Waals surface area contributed by atoms with Crippen LogP contribution >= 0.6 is 19.8 Å². The van der Waals surface area contributed by atoms with E-state index in [2.05, 4.69) is 0 Å². The van der Waals surface area contributed by atoms with Crippen LogP contribution in [0.25, 0.3) is 0 Å². The van der Waals surface area contributed by atoms with E-state index >= 15 is 0 Å². The maximum absolute atomic E-state index is 0. The van der Waals surface area contributed by atoms with Gasteiger partial charge < -0.3 is 19.8 Å². The van der Waals surface area contributed by atoms with E-state index in [1.807, 2.05) is 0 Å². The molecule has 0 saturated heterocycles. The normalized spacial score (nSPS) is 0. The first-order chi connectivity index (χ1) is 0. The molecule has 0 aliphatic heterocycles. The molecule has 0 amide bonds. The van der Waals surface area contributed by atoms with E-state index in [-0.39, 0.29) is 166 Å². The predicted octanol–water partition coefficient (Wildman–Crippen LogP) is 0.580. The van der Waals surface area contributed by atoms with Crippen LogP contribution in [0.1, 0.15) is 0 Å². The zero-order valence-corrected chi connectivity index (χ0v) is 18.1. The standard InChI is InChI=1S/3Ba.2P/q3*+2;2*-3. The summed E-state index contributed by atoms with van der Waals surface area (Å²) in [5.74, 6) is 0. The molecule has 0 fully saturated rings. The molecule has 5 heavy (non-hydrogen) atoms. The van der Waals surface area contributed by atoms with Crippen LogP contribution in [0.4, 0.5) is 0 Å². The fourth-order valence-electron chi connectivity index (χ4n) is 0. The number of hydrogen-bond donors (Lipinski definition) is 0. The van der Waals surface area contributed by atoms with Gasteiger partial charge in [0.1, 0.15) is 0 Å². The Morgan fingerprint density at radius 2 is 0.400 bits per heavy atom. The van der Waals surface area contributed by atoms with E-state index in [0.29, 0.717) is 0 Å². The van der Waals surface area contributed by atoms with Crippen LogP contribution in [0.15, 0.2) is 0 Å². The first kappa shape index (κ1) is 31.2. The van der Waals surface area contributed by atoms with E-state index in [1.165, 1.54) is 0 Å². The Hall–Kier alpha value is 5.57. The Balaban J connectivity index is 0. The van der Waals surface area contributed by atoms with E-state index in [1.54, 1.807) is 0 Å². The average molecular weight is 474 g/mol. The summed E-state index contributed by atoms with van der Waals surface area (Å²) in [5, 5.41) is 0. The van der Waals surface area contributed by atoms with Gasteiger partial charge in [-0.25, -0.2) is 0 Å². The van der Waals surface area contributed by atoms with Crippen LogP contribution in [-0.4, -0.2) is 147 Å². The van der Waals surface area contributed by atoms with Gasteiger partial charge in [-0.2, -0.15) is 0 Å². The molecule has 0 heterocycles. The van der Waals surface area contributed by atoms with Crippen molar-refractivity contribution in [2.75, 3.05) is 0 Å². The molecule has 0 bridgehead atoms. The van der Waals surface area contributed by atoms with Crippen molar-refractivity contribution in [1.29, 1.82) is 0 Å². The van der Waals surface area contributed by atoms with E-state index in [9.17, 15) is 0 Å². The van der Waals surface area contributed by atoms with Crippen LogP contribution in [-0.2, 0) is 0 Å². The van der Waals surface area contributed by atoms with Gasteiger partial charge in [0.05, 0.1) is 0 Å². The summed E-state index contributed by atoms with van der Waals surface area (Å²) in [4.78, 5) is 0. The Morgan fingerprint density at radius 3 is 0.400 bits per heavy atom. The molecule has 0 rings (SSSR count). The van der Waals surface area contributed by atoms with E-state index in [4.69, 9.17) is 0 Å². The third kappa shape index (κ3) is 17.7. The summed E-state index contributed by atoms with van der Waals surface area (Å²) in [5.41, 5.74) is 0. The third-order valence-electron chi connectivity index (χ3n) is 0. The van der Waals surface area contributed by atoms with Gasteiger partial charge in [0, 0.05) is 0 Å². The molecule has 0 nitrogen and oxygen atoms in total. The molecule has 0 radical (unpaired) electrons. The molecule has 0 unspecified atom stereocenters. The summed E-state index contributed by atoms with van der Waals surface area (Å²) in [6.07, 6.45) is 0. The SMILES string of the molecule is [Ba+2].[Ba+2].[Ba+2].[P-3].[P-3]. The average Bonchev–Trinajstić information content (AvgIpc) is 0. The quantitative estimate of drug-likeness (QED) is 0.357. The molecule has 0 aromatic rings. The van der Waals surface area contributed by atoms with Crippen LogP contribution < -0.4 is 0 Å². The van der Waals surface area contributed by atoms with Crippen LogP contribution in [0, 0.1) is 0 Å². The molecule has 0 spiro atoms. The third-order valence-corrected chi connectivity index (χ3v) is 0. The van der Waals surface area contributed by atoms with Crippen molar-refractivity contribution in [1.82, 2.24) is 0 Å². The van der Waals surface area contributed by atoms with Crippen LogP contribution in [0.3, 0.4) is 0 Å². The molecule has 0 aromatic carbocycles. The fourth-order valence-corrected chi connectivity index (χ4v) is 0. The van der Waals surface area contributed by atoms with Gasteiger partial charge in [0.25, 0.3) is 0 Å². The molecule has 0 atom stereocenters. The Labute approximate surface area is 161 Å². The molecule has 0 aliphatic rings. The Bertz CT molecular complexity index is 4.85. The van der Waals surface area contributed by atoms with Gasteiger partial charge in [-0.3, -0.25) is 0 Å². The van der Waals surface area contributed by atoms with E-state index in [0.717, 1.165) is 0 Å². The van der Waals surface area contributed by atoms with Gasteiger partial charge >= 0.3 is 147 Å². The Morgan fingerprint density at radius 1 is 0.400 bits per heavy atom. The summed E-state index contributed by atoms with van der Waals surface area (Å²) >= 11 is 0. The largest absolute Gasteiger partial charge is 3.00 e. The molecular formula is Ba3P2. The number of hydrogen-bond acceptors (Lipinski definition) is 0. The smallest absolute Gasteiger partial charge is 2.00 e. The predicted molar refractivity (Wildman–Crippen MR) is 31.1 cm³/mol. The monoisotopic (exact) mass is 476 g/mol. The maximum atomic E-state index is 0. The molecule has 0 saturated carbocycles. The van der Waals surface area contributed by atoms with Crippen molar-refractivity contribution in [2.24, 2.45) is 0 Å². The fraction of sp³-hybridized carbons (Fsp3) is 0. The topological polar surface area (TPSA) is 0 Å². The van der Waals surface area contributed by atoms with Crippen molar-refractivity contribution in [3.63, 3.8) is 0 Å². The van der Waals surface area contributed by atoms with Crippen molar-refractivity contribution in [3.05, 3.63) is 0 Å². The van der Waals surface area contributed by atoms with Crippen molar-refractivity contribution < 1.29 is 0 Å². The van der Waals surface area contributed by atoms with Gasteiger partial charge in [-0.1, -0.05) is 0 Å². The second kappa shape index (κ2) is 22.7. The summed E-state index contributed by atoms with van der Waals surface area (Å²) in [6.45, 7) is 0. The van der Waals surface area contributed by atoms with Gasteiger partial charge in [-0.05, 0) is 0 Å². The van der Waals surface area contributed by atoms with Gasteiger partial charge in [0.15, 0.2) is 0 Å². The zero-order chi connectivity index (χ0) is 0. The maximum Gasteiger partial charge on any atom is 2.00 e. The summed E-state index contributed by atoms with van der Waals surface area (Å²) in [7, 11) is 0. The molecule has 0 aromatic heterocycles. The first-order valence-electron chi connectivity index (χ1n) is 0. The second-order valence-corrected chi connectivity index (χ2v) is 0. The minimum absolute atomic E-state index is 0.